The zero-order valence-corrected chi connectivity index (χ0v) is 13.8. The van der Waals surface area contributed by atoms with Crippen LogP contribution in [0.2, 0.25) is 0 Å². The van der Waals surface area contributed by atoms with E-state index in [1.807, 2.05) is 12.1 Å². The summed E-state index contributed by atoms with van der Waals surface area (Å²) >= 11 is 0. The lowest BCUT2D eigenvalue weighted by Gasteiger charge is -2.22. The minimum Gasteiger partial charge on any atom is -0.496 e. The maximum atomic E-state index is 6.39. The van der Waals surface area contributed by atoms with Crippen LogP contribution in [-0.4, -0.2) is 25.4 Å². The highest BCUT2D eigenvalue weighted by Crippen LogP contribution is 2.77. The monoisotopic (exact) mass is 308 g/mol. The smallest absolute Gasteiger partial charge is 0.123 e. The van der Waals surface area contributed by atoms with Crippen LogP contribution in [0, 0.1) is 0 Å². The third-order valence-electron chi connectivity index (χ3n) is 6.02. The largest absolute Gasteiger partial charge is 0.496 e. The van der Waals surface area contributed by atoms with Gasteiger partial charge in [0, 0.05) is 23.0 Å². The van der Waals surface area contributed by atoms with E-state index in [0.29, 0.717) is 0 Å². The van der Waals surface area contributed by atoms with Crippen molar-refractivity contribution in [3.05, 3.63) is 58.7 Å². The summed E-state index contributed by atoms with van der Waals surface area (Å²) in [4.78, 5) is 0. The zero-order chi connectivity index (χ0) is 16.0. The molecule has 0 amide bonds. The van der Waals surface area contributed by atoms with Crippen molar-refractivity contribution in [1.29, 1.82) is 0 Å². The molecule has 1 saturated heterocycles. The van der Waals surface area contributed by atoms with Gasteiger partial charge in [-0.15, -0.1) is 0 Å². The Morgan fingerprint density at radius 2 is 1.26 bits per heavy atom. The van der Waals surface area contributed by atoms with Gasteiger partial charge in [0.15, 0.2) is 0 Å². The minimum absolute atomic E-state index is 0.142. The Morgan fingerprint density at radius 3 is 1.61 bits per heavy atom. The highest BCUT2D eigenvalue weighted by molar-refractivity contribution is 5.73. The van der Waals surface area contributed by atoms with Crippen molar-refractivity contribution in [2.24, 2.45) is 0 Å². The molecule has 1 aliphatic heterocycles. The molecule has 0 saturated carbocycles. The van der Waals surface area contributed by atoms with Crippen molar-refractivity contribution in [1.82, 2.24) is 0 Å². The van der Waals surface area contributed by atoms with Crippen molar-refractivity contribution >= 4 is 0 Å². The van der Waals surface area contributed by atoms with Gasteiger partial charge in [-0.3, -0.25) is 0 Å². The molecule has 118 valence electrons. The fourth-order valence-corrected chi connectivity index (χ4v) is 5.16. The van der Waals surface area contributed by atoms with Crippen LogP contribution in [0.3, 0.4) is 0 Å². The van der Waals surface area contributed by atoms with Crippen LogP contribution in [0.25, 0.3) is 0 Å². The van der Waals surface area contributed by atoms with Gasteiger partial charge in [-0.25, -0.2) is 0 Å². The number of hydrogen-bond donors (Lipinski definition) is 0. The Bertz CT molecular complexity index is 779. The van der Waals surface area contributed by atoms with Gasteiger partial charge < -0.3 is 14.2 Å². The molecule has 23 heavy (non-hydrogen) atoms. The van der Waals surface area contributed by atoms with Crippen molar-refractivity contribution in [3.63, 3.8) is 0 Å². The summed E-state index contributed by atoms with van der Waals surface area (Å²) in [5.41, 5.74) is 4.92. The van der Waals surface area contributed by atoms with Gasteiger partial charge in [-0.1, -0.05) is 24.3 Å². The molecule has 2 aliphatic carbocycles. The molecule has 1 spiro atoms. The van der Waals surface area contributed by atoms with Crippen molar-refractivity contribution in [2.45, 2.75) is 36.9 Å². The first-order valence-electron chi connectivity index (χ1n) is 8.10. The van der Waals surface area contributed by atoms with Crippen molar-refractivity contribution in [2.75, 3.05) is 14.2 Å². The van der Waals surface area contributed by atoms with E-state index in [4.69, 9.17) is 14.2 Å². The van der Waals surface area contributed by atoms with Crippen molar-refractivity contribution < 1.29 is 14.2 Å². The number of epoxide rings is 1. The summed E-state index contributed by atoms with van der Waals surface area (Å²) in [6.45, 7) is 4.40. The molecule has 2 aromatic carbocycles. The Hall–Kier alpha value is -2.00. The number of hydrogen-bond acceptors (Lipinski definition) is 3. The summed E-state index contributed by atoms with van der Waals surface area (Å²) in [5.74, 6) is 2.32. The van der Waals surface area contributed by atoms with Gasteiger partial charge in [-0.05, 0) is 37.1 Å². The lowest BCUT2D eigenvalue weighted by Crippen LogP contribution is -2.25. The molecule has 2 atom stereocenters. The predicted molar refractivity (Wildman–Crippen MR) is 87.6 cm³/mol. The normalized spacial score (nSPS) is 31.0. The van der Waals surface area contributed by atoms with Crippen LogP contribution in [0.4, 0.5) is 0 Å². The number of benzene rings is 2. The van der Waals surface area contributed by atoms with Gasteiger partial charge in [0.1, 0.15) is 17.1 Å². The summed E-state index contributed by atoms with van der Waals surface area (Å²) in [7, 11) is 3.48. The molecule has 0 unspecified atom stereocenters. The van der Waals surface area contributed by atoms with E-state index in [0.717, 1.165) is 11.5 Å². The van der Waals surface area contributed by atoms with E-state index in [1.54, 1.807) is 14.2 Å². The average molecular weight is 308 g/mol. The lowest BCUT2D eigenvalue weighted by atomic mass is 9.82. The standard InChI is InChI=1S/C20H20O3/c1-19(2)20(23-19)17-11-7-5-6-8-12(11)18(20)16-14(22-4)10-9-13(21-3)15(16)17/h5-10,17-18H,1-4H3/t17-,18-/m1/s1. The van der Waals surface area contributed by atoms with E-state index < -0.39 is 0 Å². The summed E-state index contributed by atoms with van der Waals surface area (Å²) in [6.07, 6.45) is 0. The predicted octanol–water partition coefficient (Wildman–Crippen LogP) is 3.84. The van der Waals surface area contributed by atoms with E-state index in [9.17, 15) is 0 Å². The Morgan fingerprint density at radius 1 is 0.826 bits per heavy atom. The topological polar surface area (TPSA) is 31.0 Å². The van der Waals surface area contributed by atoms with E-state index in [-0.39, 0.29) is 23.0 Å². The third-order valence-corrected chi connectivity index (χ3v) is 6.02. The first-order chi connectivity index (χ1) is 11.1. The molecular formula is C20H20O3. The fourth-order valence-electron chi connectivity index (χ4n) is 5.16. The average Bonchev–Trinajstić information content (AvgIpc) is 2.88. The lowest BCUT2D eigenvalue weighted by molar-refractivity contribution is 0.263. The van der Waals surface area contributed by atoms with Crippen LogP contribution in [0.15, 0.2) is 36.4 Å². The maximum absolute atomic E-state index is 6.39. The summed E-state index contributed by atoms with van der Waals surface area (Å²) in [6, 6.07) is 12.8. The first-order valence-corrected chi connectivity index (χ1v) is 8.10. The quantitative estimate of drug-likeness (QED) is 0.790. The highest BCUT2D eigenvalue weighted by Gasteiger charge is 2.79. The molecule has 3 nitrogen and oxygen atoms in total. The molecule has 3 heteroatoms. The summed E-state index contributed by atoms with van der Waals surface area (Å²) < 4.78 is 17.8. The summed E-state index contributed by atoms with van der Waals surface area (Å²) in [5, 5.41) is 0. The van der Waals surface area contributed by atoms with Gasteiger partial charge in [0.2, 0.25) is 0 Å². The fraction of sp³-hybridized carbons (Fsp3) is 0.400. The van der Waals surface area contributed by atoms with E-state index in [2.05, 4.69) is 38.1 Å². The Kier molecular flexibility index (Phi) is 2.28. The number of rotatable bonds is 2. The van der Waals surface area contributed by atoms with Crippen LogP contribution in [0.5, 0.6) is 11.5 Å². The number of fused-ring (bicyclic) bond motifs is 6. The molecule has 0 aromatic heterocycles. The second-order valence-electron chi connectivity index (χ2n) is 7.20. The van der Waals surface area contributed by atoms with Gasteiger partial charge in [0.25, 0.3) is 0 Å². The van der Waals surface area contributed by atoms with Gasteiger partial charge in [0.05, 0.1) is 19.8 Å². The molecule has 2 aromatic rings. The Balaban J connectivity index is 1.87. The molecule has 3 aliphatic rings. The van der Waals surface area contributed by atoms with E-state index >= 15 is 0 Å². The van der Waals surface area contributed by atoms with E-state index in [1.165, 1.54) is 22.3 Å². The van der Waals surface area contributed by atoms with Crippen LogP contribution >= 0.6 is 0 Å². The minimum atomic E-state index is -0.194. The SMILES string of the molecule is COc1ccc(OC)c2c1[C@H]1c3ccccc3[C@H]2C12OC2(C)C. The third kappa shape index (κ3) is 1.29. The van der Waals surface area contributed by atoms with Gasteiger partial charge >= 0.3 is 0 Å². The second kappa shape index (κ2) is 3.90. The van der Waals surface area contributed by atoms with Crippen molar-refractivity contribution in [3.8, 4) is 11.5 Å². The number of methoxy groups -OCH3 is 2. The van der Waals surface area contributed by atoms with Crippen LogP contribution < -0.4 is 9.47 Å². The molecule has 1 fully saturated rings. The zero-order valence-electron chi connectivity index (χ0n) is 13.8. The molecule has 5 rings (SSSR count). The molecule has 2 bridgehead atoms. The maximum Gasteiger partial charge on any atom is 0.123 e. The Labute approximate surface area is 136 Å². The first kappa shape index (κ1) is 13.4. The highest BCUT2D eigenvalue weighted by atomic mass is 16.6. The second-order valence-corrected chi connectivity index (χ2v) is 7.20. The van der Waals surface area contributed by atoms with Gasteiger partial charge in [-0.2, -0.15) is 0 Å². The van der Waals surface area contributed by atoms with Crippen LogP contribution in [-0.2, 0) is 4.74 Å². The van der Waals surface area contributed by atoms with Crippen LogP contribution in [0.1, 0.15) is 47.9 Å². The molecular weight excluding hydrogens is 288 g/mol. The number of ether oxygens (including phenoxy) is 3. The molecule has 0 N–H and O–H groups in total. The molecule has 1 heterocycles. The molecule has 0 radical (unpaired) electrons.